The molecule has 0 aliphatic heterocycles. The largest absolute Gasteiger partial charge is 0.385 e. The molecular weight excluding hydrogens is 184 g/mol. The maximum atomic E-state index is 4.89. The lowest BCUT2D eigenvalue weighted by atomic mass is 10.2. The van der Waals surface area contributed by atoms with Crippen LogP contribution in [0.15, 0.2) is 0 Å². The van der Waals surface area contributed by atoms with Gasteiger partial charge < -0.3 is 4.74 Å². The summed E-state index contributed by atoms with van der Waals surface area (Å²) in [5.41, 5.74) is 0. The van der Waals surface area contributed by atoms with Crippen molar-refractivity contribution in [3.8, 4) is 0 Å². The molecule has 0 heterocycles. The van der Waals surface area contributed by atoms with Gasteiger partial charge in [-0.3, -0.25) is 0 Å². The average molecular weight is 216 g/mol. The molecule has 0 atom stereocenters. The Hall–Kier alpha value is -0.0400. The van der Waals surface area contributed by atoms with E-state index >= 15 is 0 Å². The van der Waals surface area contributed by atoms with E-state index in [0.717, 1.165) is 6.61 Å². The van der Waals surface area contributed by atoms with Crippen LogP contribution >= 0.6 is 0 Å². The maximum Gasteiger partial charge on any atom is 0.0462 e. The first-order valence-corrected chi connectivity index (χ1v) is 6.82. The number of ether oxygens (including phenoxy) is 1. The van der Waals surface area contributed by atoms with Crippen LogP contribution in [0, 0.1) is 0 Å². The Morgan fingerprint density at radius 2 is 1.00 bits per heavy atom. The van der Waals surface area contributed by atoms with Gasteiger partial charge in [0, 0.05) is 13.7 Å². The third kappa shape index (κ3) is 24.9. The number of methoxy groups -OCH3 is 1. The highest BCUT2D eigenvalue weighted by atomic mass is 16.5. The van der Waals surface area contributed by atoms with Gasteiger partial charge in [-0.15, -0.1) is 0 Å². The van der Waals surface area contributed by atoms with E-state index < -0.39 is 0 Å². The summed E-state index contributed by atoms with van der Waals surface area (Å²) < 4.78 is 4.89. The molecule has 0 aromatic carbocycles. The van der Waals surface area contributed by atoms with E-state index in [1.54, 1.807) is 7.11 Å². The minimum absolute atomic E-state index is 0.931. The van der Waals surface area contributed by atoms with Gasteiger partial charge in [-0.1, -0.05) is 72.1 Å². The van der Waals surface area contributed by atoms with Crippen LogP contribution in [0.2, 0.25) is 0 Å². The van der Waals surface area contributed by atoms with Crippen LogP contribution in [0.3, 0.4) is 0 Å². The van der Waals surface area contributed by atoms with E-state index in [2.05, 4.69) is 20.8 Å². The van der Waals surface area contributed by atoms with Gasteiger partial charge in [0.05, 0.1) is 0 Å². The molecule has 94 valence electrons. The fourth-order valence-corrected chi connectivity index (χ4v) is 1.35. The summed E-state index contributed by atoms with van der Waals surface area (Å²) in [5.74, 6) is 0. The van der Waals surface area contributed by atoms with Crippen molar-refractivity contribution < 1.29 is 4.74 Å². The van der Waals surface area contributed by atoms with Gasteiger partial charge in [-0.05, 0) is 6.42 Å². The van der Waals surface area contributed by atoms with Crippen molar-refractivity contribution in [3.63, 3.8) is 0 Å². The highest BCUT2D eigenvalue weighted by Gasteiger charge is 1.83. The number of hydrogen-bond donors (Lipinski definition) is 0. The van der Waals surface area contributed by atoms with Gasteiger partial charge in [0.1, 0.15) is 0 Å². The monoisotopic (exact) mass is 216 g/mol. The Balaban J connectivity index is 0. The van der Waals surface area contributed by atoms with E-state index in [-0.39, 0.29) is 0 Å². The molecule has 0 saturated heterocycles. The standard InChI is InChI=1S/C7H16O.C7H16/c1-3-4-5-6-7-8-2;1-3-5-7-6-4-2/h3-7H2,1-2H3;3-7H2,1-2H3. The van der Waals surface area contributed by atoms with E-state index in [1.165, 1.54) is 57.8 Å². The van der Waals surface area contributed by atoms with Crippen LogP contribution in [0.25, 0.3) is 0 Å². The molecule has 0 aliphatic rings. The summed E-state index contributed by atoms with van der Waals surface area (Å²) in [6.07, 6.45) is 12.2. The number of unbranched alkanes of at least 4 members (excludes halogenated alkanes) is 7. The molecule has 0 bridgehead atoms. The predicted octanol–water partition coefficient (Wildman–Crippen LogP) is 5.19. The molecule has 0 aromatic rings. The summed E-state index contributed by atoms with van der Waals surface area (Å²) in [6, 6.07) is 0. The Bertz CT molecular complexity index is 71.4. The van der Waals surface area contributed by atoms with E-state index in [1.807, 2.05) is 0 Å². The van der Waals surface area contributed by atoms with Gasteiger partial charge in [-0.25, -0.2) is 0 Å². The smallest absolute Gasteiger partial charge is 0.0462 e. The highest BCUT2D eigenvalue weighted by molar-refractivity contribution is 4.37. The molecule has 1 heteroatoms. The maximum absolute atomic E-state index is 4.89. The van der Waals surface area contributed by atoms with E-state index in [0.29, 0.717) is 0 Å². The summed E-state index contributed by atoms with van der Waals surface area (Å²) in [5, 5.41) is 0. The van der Waals surface area contributed by atoms with Crippen molar-refractivity contribution >= 4 is 0 Å². The minimum atomic E-state index is 0.931. The SMILES string of the molecule is CCCCCCC.CCCCCCOC. The van der Waals surface area contributed by atoms with Gasteiger partial charge in [-0.2, -0.15) is 0 Å². The van der Waals surface area contributed by atoms with Crippen LogP contribution in [-0.2, 0) is 4.74 Å². The quantitative estimate of drug-likeness (QED) is 0.482. The predicted molar refractivity (Wildman–Crippen MR) is 70.5 cm³/mol. The molecule has 1 nitrogen and oxygen atoms in total. The Morgan fingerprint density at radius 3 is 1.33 bits per heavy atom. The molecule has 0 spiro atoms. The zero-order valence-corrected chi connectivity index (χ0v) is 11.5. The second kappa shape index (κ2) is 19.5. The van der Waals surface area contributed by atoms with Crippen LogP contribution < -0.4 is 0 Å². The second-order valence-corrected chi connectivity index (χ2v) is 4.11. The molecule has 0 amide bonds. The molecule has 0 aromatic heterocycles. The first kappa shape index (κ1) is 17.4. The van der Waals surface area contributed by atoms with Crippen molar-refractivity contribution in [2.75, 3.05) is 13.7 Å². The van der Waals surface area contributed by atoms with Crippen LogP contribution in [0.5, 0.6) is 0 Å². The zero-order valence-electron chi connectivity index (χ0n) is 11.5. The molecule has 0 aliphatic carbocycles. The lowest BCUT2D eigenvalue weighted by Gasteiger charge is -1.95. The molecule has 0 N–H and O–H groups in total. The molecule has 0 fully saturated rings. The van der Waals surface area contributed by atoms with Crippen molar-refractivity contribution in [1.82, 2.24) is 0 Å². The number of hydrogen-bond acceptors (Lipinski definition) is 1. The topological polar surface area (TPSA) is 9.23 Å². The summed E-state index contributed by atoms with van der Waals surface area (Å²) in [6.45, 7) is 7.64. The van der Waals surface area contributed by atoms with Gasteiger partial charge in [0.25, 0.3) is 0 Å². The molecule has 0 saturated carbocycles. The third-order valence-electron chi connectivity index (χ3n) is 2.41. The normalized spacial score (nSPS) is 9.60. The molecule has 0 unspecified atom stereocenters. The Morgan fingerprint density at radius 1 is 0.600 bits per heavy atom. The highest BCUT2D eigenvalue weighted by Crippen LogP contribution is 2.00. The summed E-state index contributed by atoms with van der Waals surface area (Å²) in [4.78, 5) is 0. The Kier molecular flexibility index (Phi) is 22.6. The minimum Gasteiger partial charge on any atom is -0.385 e. The lowest BCUT2D eigenvalue weighted by Crippen LogP contribution is -1.86. The van der Waals surface area contributed by atoms with Crippen molar-refractivity contribution in [2.45, 2.75) is 78.6 Å². The Labute approximate surface area is 97.6 Å². The van der Waals surface area contributed by atoms with Crippen LogP contribution in [0.4, 0.5) is 0 Å². The molecule has 15 heavy (non-hydrogen) atoms. The summed E-state index contributed by atoms with van der Waals surface area (Å²) in [7, 11) is 1.76. The van der Waals surface area contributed by atoms with E-state index in [4.69, 9.17) is 4.74 Å². The fourth-order valence-electron chi connectivity index (χ4n) is 1.35. The number of rotatable bonds is 9. The second-order valence-electron chi connectivity index (χ2n) is 4.11. The van der Waals surface area contributed by atoms with Crippen molar-refractivity contribution in [3.05, 3.63) is 0 Å². The third-order valence-corrected chi connectivity index (χ3v) is 2.41. The molecule has 0 rings (SSSR count). The van der Waals surface area contributed by atoms with Crippen molar-refractivity contribution in [1.29, 1.82) is 0 Å². The zero-order chi connectivity index (χ0) is 11.8. The van der Waals surface area contributed by atoms with Gasteiger partial charge in [0.15, 0.2) is 0 Å². The van der Waals surface area contributed by atoms with Crippen LogP contribution in [-0.4, -0.2) is 13.7 Å². The fraction of sp³-hybridized carbons (Fsp3) is 1.00. The summed E-state index contributed by atoms with van der Waals surface area (Å²) >= 11 is 0. The van der Waals surface area contributed by atoms with Gasteiger partial charge in [0.2, 0.25) is 0 Å². The van der Waals surface area contributed by atoms with E-state index in [9.17, 15) is 0 Å². The van der Waals surface area contributed by atoms with Crippen molar-refractivity contribution in [2.24, 2.45) is 0 Å². The van der Waals surface area contributed by atoms with Crippen LogP contribution in [0.1, 0.15) is 78.6 Å². The van der Waals surface area contributed by atoms with Gasteiger partial charge >= 0.3 is 0 Å². The first-order valence-electron chi connectivity index (χ1n) is 6.82. The molecule has 0 radical (unpaired) electrons. The molecular formula is C14H32O. The first-order chi connectivity index (χ1) is 7.33. The average Bonchev–Trinajstić information content (AvgIpc) is 2.26. The lowest BCUT2D eigenvalue weighted by molar-refractivity contribution is 0.192.